The van der Waals surface area contributed by atoms with Gasteiger partial charge in [0.2, 0.25) is 10.0 Å². The molecule has 7 nitrogen and oxygen atoms in total. The molecule has 1 N–H and O–H groups in total. The van der Waals surface area contributed by atoms with Crippen molar-refractivity contribution < 1.29 is 22.7 Å². The van der Waals surface area contributed by atoms with Crippen molar-refractivity contribution in [2.75, 3.05) is 32.8 Å². The predicted octanol–water partition coefficient (Wildman–Crippen LogP) is 2.46. The van der Waals surface area contributed by atoms with E-state index in [-0.39, 0.29) is 10.8 Å². The molecule has 0 atom stereocenters. The zero-order valence-corrected chi connectivity index (χ0v) is 17.5. The van der Waals surface area contributed by atoms with E-state index in [0.29, 0.717) is 44.8 Å². The number of hydrogen-bond donors (Lipinski definition) is 1. The first-order valence-corrected chi connectivity index (χ1v) is 11.2. The zero-order chi connectivity index (χ0) is 20.9. The first-order chi connectivity index (χ1) is 14.0. The highest BCUT2D eigenvalue weighted by Gasteiger charge is 2.21. The molecule has 0 unspecified atom stereocenters. The predicted molar refractivity (Wildman–Crippen MR) is 110 cm³/mol. The molecule has 8 heteroatoms. The van der Waals surface area contributed by atoms with Gasteiger partial charge < -0.3 is 14.8 Å². The van der Waals surface area contributed by atoms with E-state index in [1.165, 1.54) is 28.6 Å². The van der Waals surface area contributed by atoms with Gasteiger partial charge in [-0.3, -0.25) is 4.79 Å². The molecule has 3 rings (SSSR count). The fourth-order valence-electron chi connectivity index (χ4n) is 3.16. The van der Waals surface area contributed by atoms with E-state index < -0.39 is 10.0 Å². The molecule has 1 aliphatic rings. The lowest BCUT2D eigenvalue weighted by Crippen LogP contribution is -2.30. The number of carbonyl (C=O) groups is 1. The molecule has 0 fully saturated rings. The molecule has 0 bridgehead atoms. The van der Waals surface area contributed by atoms with Gasteiger partial charge in [0, 0.05) is 25.2 Å². The molecule has 0 spiro atoms. The Morgan fingerprint density at radius 2 is 1.66 bits per heavy atom. The summed E-state index contributed by atoms with van der Waals surface area (Å²) in [6.45, 7) is 5.94. The Kier molecular flexibility index (Phi) is 6.76. The summed E-state index contributed by atoms with van der Waals surface area (Å²) in [7, 11) is -3.52. The summed E-state index contributed by atoms with van der Waals surface area (Å²) < 4.78 is 37.5. The highest BCUT2D eigenvalue weighted by atomic mass is 32.2. The molecule has 29 heavy (non-hydrogen) atoms. The van der Waals surface area contributed by atoms with E-state index in [0.717, 1.165) is 17.1 Å². The average Bonchev–Trinajstić information content (AvgIpc) is 2.74. The van der Waals surface area contributed by atoms with Crippen LogP contribution in [0.1, 0.15) is 29.8 Å². The summed E-state index contributed by atoms with van der Waals surface area (Å²) in [5, 5.41) is 2.86. The Balaban J connectivity index is 1.57. The van der Waals surface area contributed by atoms with Crippen molar-refractivity contribution in [3.63, 3.8) is 0 Å². The SMILES string of the molecule is CCN(CC)S(=O)(=O)c1ccc(C(=O)NCCc2ccc3c(c2)OCCO3)cc1. The largest absolute Gasteiger partial charge is 0.486 e. The van der Waals surface area contributed by atoms with Crippen molar-refractivity contribution in [3.8, 4) is 11.5 Å². The van der Waals surface area contributed by atoms with Gasteiger partial charge in [-0.1, -0.05) is 19.9 Å². The van der Waals surface area contributed by atoms with E-state index >= 15 is 0 Å². The second-order valence-corrected chi connectivity index (χ2v) is 8.54. The number of amides is 1. The molecule has 1 aliphatic heterocycles. The third kappa shape index (κ3) is 4.89. The maximum Gasteiger partial charge on any atom is 0.251 e. The van der Waals surface area contributed by atoms with Crippen molar-refractivity contribution in [2.45, 2.75) is 25.2 Å². The van der Waals surface area contributed by atoms with Crippen molar-refractivity contribution >= 4 is 15.9 Å². The molecule has 1 heterocycles. The lowest BCUT2D eigenvalue weighted by Gasteiger charge is -2.19. The van der Waals surface area contributed by atoms with Crippen LogP contribution in [0.15, 0.2) is 47.4 Å². The molecular weight excluding hydrogens is 392 g/mol. The number of sulfonamides is 1. The molecule has 0 aliphatic carbocycles. The molecule has 0 radical (unpaired) electrons. The number of hydrogen-bond acceptors (Lipinski definition) is 5. The van der Waals surface area contributed by atoms with Crippen LogP contribution in [0.4, 0.5) is 0 Å². The van der Waals surface area contributed by atoms with Crippen LogP contribution in [-0.4, -0.2) is 51.5 Å². The standard InChI is InChI=1S/C21H26N2O5S/c1-3-23(4-2)29(25,26)18-8-6-17(7-9-18)21(24)22-12-11-16-5-10-19-20(15-16)28-14-13-27-19/h5-10,15H,3-4,11-14H2,1-2H3,(H,22,24). The van der Waals surface area contributed by atoms with E-state index in [1.807, 2.05) is 18.2 Å². The van der Waals surface area contributed by atoms with Crippen LogP contribution in [0.2, 0.25) is 0 Å². The molecule has 1 amide bonds. The number of ether oxygens (including phenoxy) is 2. The quantitative estimate of drug-likeness (QED) is 0.712. The van der Waals surface area contributed by atoms with Crippen LogP contribution in [0.25, 0.3) is 0 Å². The van der Waals surface area contributed by atoms with Crippen LogP contribution in [-0.2, 0) is 16.4 Å². The number of nitrogens with zero attached hydrogens (tertiary/aromatic N) is 1. The lowest BCUT2D eigenvalue weighted by atomic mass is 10.1. The number of rotatable bonds is 8. The Bertz CT molecular complexity index is 954. The van der Waals surface area contributed by atoms with Gasteiger partial charge in [0.1, 0.15) is 13.2 Å². The smallest absolute Gasteiger partial charge is 0.251 e. The molecule has 2 aromatic carbocycles. The lowest BCUT2D eigenvalue weighted by molar-refractivity contribution is 0.0954. The topological polar surface area (TPSA) is 84.9 Å². The third-order valence-electron chi connectivity index (χ3n) is 4.77. The first kappa shape index (κ1) is 21.1. The van der Waals surface area contributed by atoms with E-state index in [9.17, 15) is 13.2 Å². The zero-order valence-electron chi connectivity index (χ0n) is 16.7. The third-order valence-corrected chi connectivity index (χ3v) is 6.83. The summed E-state index contributed by atoms with van der Waals surface area (Å²) in [5.41, 5.74) is 1.46. The van der Waals surface area contributed by atoms with Crippen LogP contribution in [0.3, 0.4) is 0 Å². The number of fused-ring (bicyclic) bond motifs is 1. The molecule has 2 aromatic rings. The van der Waals surface area contributed by atoms with Gasteiger partial charge in [-0.05, 0) is 48.4 Å². The van der Waals surface area contributed by atoms with Crippen LogP contribution in [0, 0.1) is 0 Å². The molecular formula is C21H26N2O5S. The summed E-state index contributed by atoms with van der Waals surface area (Å²) in [6, 6.07) is 11.8. The number of nitrogens with one attached hydrogen (secondary N) is 1. The van der Waals surface area contributed by atoms with Crippen LogP contribution in [0.5, 0.6) is 11.5 Å². The Morgan fingerprint density at radius 1 is 1.00 bits per heavy atom. The van der Waals surface area contributed by atoms with Gasteiger partial charge in [0.05, 0.1) is 4.90 Å². The summed E-state index contributed by atoms with van der Waals surface area (Å²) in [6.07, 6.45) is 0.650. The fourth-order valence-corrected chi connectivity index (χ4v) is 4.61. The van der Waals surface area contributed by atoms with E-state index in [1.54, 1.807) is 13.8 Å². The summed E-state index contributed by atoms with van der Waals surface area (Å²) in [4.78, 5) is 12.5. The molecule has 0 saturated carbocycles. The molecule has 0 aromatic heterocycles. The van der Waals surface area contributed by atoms with E-state index in [2.05, 4.69) is 5.32 Å². The van der Waals surface area contributed by atoms with Crippen LogP contribution < -0.4 is 14.8 Å². The van der Waals surface area contributed by atoms with Crippen LogP contribution >= 0.6 is 0 Å². The van der Waals surface area contributed by atoms with Gasteiger partial charge in [-0.25, -0.2) is 8.42 Å². The van der Waals surface area contributed by atoms with Crippen molar-refractivity contribution in [2.24, 2.45) is 0 Å². The Labute approximate surface area is 171 Å². The fraction of sp³-hybridized carbons (Fsp3) is 0.381. The Hall–Kier alpha value is -2.58. The average molecular weight is 419 g/mol. The number of carbonyl (C=O) groups excluding carboxylic acids is 1. The summed E-state index contributed by atoms with van der Waals surface area (Å²) in [5.74, 6) is 1.23. The van der Waals surface area contributed by atoms with Gasteiger partial charge in [-0.15, -0.1) is 0 Å². The van der Waals surface area contributed by atoms with Gasteiger partial charge in [-0.2, -0.15) is 4.31 Å². The van der Waals surface area contributed by atoms with Gasteiger partial charge in [0.25, 0.3) is 5.91 Å². The highest BCUT2D eigenvalue weighted by Crippen LogP contribution is 2.30. The normalized spacial score (nSPS) is 13.3. The number of benzene rings is 2. The molecule has 0 saturated heterocycles. The minimum Gasteiger partial charge on any atom is -0.486 e. The first-order valence-electron chi connectivity index (χ1n) is 9.72. The highest BCUT2D eigenvalue weighted by molar-refractivity contribution is 7.89. The van der Waals surface area contributed by atoms with Crippen molar-refractivity contribution in [1.29, 1.82) is 0 Å². The van der Waals surface area contributed by atoms with Crippen molar-refractivity contribution in [3.05, 3.63) is 53.6 Å². The second kappa shape index (κ2) is 9.28. The molecule has 156 valence electrons. The van der Waals surface area contributed by atoms with E-state index in [4.69, 9.17) is 9.47 Å². The van der Waals surface area contributed by atoms with Crippen molar-refractivity contribution in [1.82, 2.24) is 9.62 Å². The van der Waals surface area contributed by atoms with Gasteiger partial charge in [0.15, 0.2) is 11.5 Å². The Morgan fingerprint density at radius 3 is 2.31 bits per heavy atom. The monoisotopic (exact) mass is 418 g/mol. The summed E-state index contributed by atoms with van der Waals surface area (Å²) >= 11 is 0. The maximum absolute atomic E-state index is 12.5. The minimum absolute atomic E-state index is 0.189. The minimum atomic E-state index is -3.52. The maximum atomic E-state index is 12.5. The van der Waals surface area contributed by atoms with Gasteiger partial charge >= 0.3 is 0 Å². The second-order valence-electron chi connectivity index (χ2n) is 6.60.